The molecule has 0 atom stereocenters. The molecule has 1 aromatic rings. The first-order chi connectivity index (χ1) is 9.52. The van der Waals surface area contributed by atoms with E-state index < -0.39 is 16.6 Å². The van der Waals surface area contributed by atoms with Crippen molar-refractivity contribution < 1.29 is 14.1 Å². The number of amides is 1. The fourth-order valence-corrected chi connectivity index (χ4v) is 2.95. The number of carbonyl (C=O) groups is 1. The fourth-order valence-electron chi connectivity index (χ4n) is 2.30. The molecule has 20 heavy (non-hydrogen) atoms. The number of alkyl halides is 1. The minimum absolute atomic E-state index is 0.174. The summed E-state index contributed by atoms with van der Waals surface area (Å²) in [5.41, 5.74) is -0.522. The molecule has 0 bridgehead atoms. The molecule has 0 N–H and O–H groups in total. The van der Waals surface area contributed by atoms with E-state index in [-0.39, 0.29) is 11.3 Å². The van der Waals surface area contributed by atoms with Crippen molar-refractivity contribution in [1.82, 2.24) is 4.90 Å². The number of likely N-dealkylation sites (tertiary alicyclic amines) is 1. The summed E-state index contributed by atoms with van der Waals surface area (Å²) in [5, 5.41) is 11.8. The van der Waals surface area contributed by atoms with E-state index in [0.29, 0.717) is 19.0 Å². The van der Waals surface area contributed by atoms with Gasteiger partial charge in [0.05, 0.1) is 4.92 Å². The molecule has 1 amide bonds. The van der Waals surface area contributed by atoms with Gasteiger partial charge >= 0.3 is 0 Å². The Morgan fingerprint density at radius 1 is 1.45 bits per heavy atom. The highest BCUT2D eigenvalue weighted by molar-refractivity contribution is 9.09. The topological polar surface area (TPSA) is 63.4 Å². The Labute approximate surface area is 124 Å². The maximum Gasteiger partial charge on any atom is 0.282 e. The average molecular weight is 345 g/mol. The second-order valence-corrected chi connectivity index (χ2v) is 5.46. The second kappa shape index (κ2) is 6.30. The minimum atomic E-state index is -0.655. The third-order valence-corrected chi connectivity index (χ3v) is 4.42. The van der Waals surface area contributed by atoms with Crippen LogP contribution in [0, 0.1) is 21.8 Å². The highest BCUT2D eigenvalue weighted by atomic mass is 79.9. The minimum Gasteiger partial charge on any atom is -0.338 e. The van der Waals surface area contributed by atoms with Crippen molar-refractivity contribution in [2.24, 2.45) is 5.92 Å². The molecule has 0 unspecified atom stereocenters. The van der Waals surface area contributed by atoms with Gasteiger partial charge in [0.15, 0.2) is 0 Å². The molecule has 0 radical (unpaired) electrons. The average Bonchev–Trinajstić information content (AvgIpc) is 2.46. The van der Waals surface area contributed by atoms with Gasteiger partial charge in [-0.05, 0) is 30.9 Å². The third kappa shape index (κ3) is 3.15. The van der Waals surface area contributed by atoms with Gasteiger partial charge in [-0.1, -0.05) is 15.9 Å². The summed E-state index contributed by atoms with van der Waals surface area (Å²) in [6.07, 6.45) is 1.69. The maximum absolute atomic E-state index is 13.3. The van der Waals surface area contributed by atoms with Crippen molar-refractivity contribution in [3.05, 3.63) is 39.7 Å². The van der Waals surface area contributed by atoms with Gasteiger partial charge in [-0.15, -0.1) is 0 Å². The lowest BCUT2D eigenvalue weighted by Crippen LogP contribution is -2.39. The van der Waals surface area contributed by atoms with Crippen LogP contribution in [0.1, 0.15) is 23.2 Å². The van der Waals surface area contributed by atoms with E-state index >= 15 is 0 Å². The van der Waals surface area contributed by atoms with Crippen LogP contribution in [0.4, 0.5) is 10.1 Å². The number of nitrogens with zero attached hydrogens (tertiary/aromatic N) is 2. The number of piperidine rings is 1. The van der Waals surface area contributed by atoms with Crippen LogP contribution in [0.5, 0.6) is 0 Å². The van der Waals surface area contributed by atoms with Crippen molar-refractivity contribution in [2.75, 3.05) is 18.4 Å². The van der Waals surface area contributed by atoms with Crippen LogP contribution < -0.4 is 0 Å². The highest BCUT2D eigenvalue weighted by Gasteiger charge is 2.28. The fraction of sp³-hybridized carbons (Fsp3) is 0.462. The number of hydrogen-bond donors (Lipinski definition) is 0. The van der Waals surface area contributed by atoms with Gasteiger partial charge in [-0.2, -0.15) is 0 Å². The van der Waals surface area contributed by atoms with E-state index in [0.717, 1.165) is 36.4 Å². The van der Waals surface area contributed by atoms with Gasteiger partial charge in [0.2, 0.25) is 0 Å². The number of nitro groups is 1. The predicted molar refractivity (Wildman–Crippen MR) is 75.5 cm³/mol. The quantitative estimate of drug-likeness (QED) is 0.481. The maximum atomic E-state index is 13.3. The molecule has 1 aromatic carbocycles. The summed E-state index contributed by atoms with van der Waals surface area (Å²) < 4.78 is 13.3. The summed E-state index contributed by atoms with van der Waals surface area (Å²) in [7, 11) is 0. The van der Waals surface area contributed by atoms with E-state index in [2.05, 4.69) is 15.9 Å². The smallest absolute Gasteiger partial charge is 0.282 e. The van der Waals surface area contributed by atoms with E-state index in [1.165, 1.54) is 0 Å². The van der Waals surface area contributed by atoms with E-state index in [1.54, 1.807) is 4.90 Å². The predicted octanol–water partition coefficient (Wildman–Crippen LogP) is 2.98. The highest BCUT2D eigenvalue weighted by Crippen LogP contribution is 2.25. The van der Waals surface area contributed by atoms with Crippen LogP contribution >= 0.6 is 15.9 Å². The number of halogens is 2. The Balaban J connectivity index is 2.21. The SMILES string of the molecule is O=C(c1cc(F)ccc1[N+](=O)[O-])N1CCC(CBr)CC1. The van der Waals surface area contributed by atoms with Gasteiger partial charge in [0.1, 0.15) is 11.4 Å². The van der Waals surface area contributed by atoms with Crippen molar-refractivity contribution >= 4 is 27.5 Å². The molecular weight excluding hydrogens is 331 g/mol. The normalized spacial score (nSPS) is 16.2. The lowest BCUT2D eigenvalue weighted by molar-refractivity contribution is -0.385. The molecule has 0 aromatic heterocycles. The molecule has 7 heteroatoms. The summed E-state index contributed by atoms with van der Waals surface area (Å²) in [5.74, 6) is -0.597. The Hall–Kier alpha value is -1.50. The van der Waals surface area contributed by atoms with Crippen LogP contribution in [-0.4, -0.2) is 34.2 Å². The van der Waals surface area contributed by atoms with Gasteiger partial charge in [-0.25, -0.2) is 4.39 Å². The largest absolute Gasteiger partial charge is 0.338 e. The lowest BCUT2D eigenvalue weighted by Gasteiger charge is -2.31. The third-order valence-electron chi connectivity index (χ3n) is 3.51. The van der Waals surface area contributed by atoms with Gasteiger partial charge in [0.25, 0.3) is 11.6 Å². The first-order valence-electron chi connectivity index (χ1n) is 6.32. The molecule has 0 saturated carbocycles. The summed E-state index contributed by atoms with van der Waals surface area (Å²) in [6, 6.07) is 2.97. The summed E-state index contributed by atoms with van der Waals surface area (Å²) in [6.45, 7) is 1.09. The van der Waals surface area contributed by atoms with Crippen LogP contribution in [0.15, 0.2) is 18.2 Å². The number of hydrogen-bond acceptors (Lipinski definition) is 3. The summed E-state index contributed by atoms with van der Waals surface area (Å²) in [4.78, 5) is 24.1. The Morgan fingerprint density at radius 2 is 2.10 bits per heavy atom. The van der Waals surface area contributed by atoms with Gasteiger partial charge in [-0.3, -0.25) is 14.9 Å². The molecular formula is C13H14BrFN2O3. The molecule has 1 aliphatic heterocycles. The Bertz CT molecular complexity index is 530. The zero-order chi connectivity index (χ0) is 14.7. The van der Waals surface area contributed by atoms with Crippen LogP contribution in [0.25, 0.3) is 0 Å². The molecule has 2 rings (SSSR count). The monoisotopic (exact) mass is 344 g/mol. The molecule has 5 nitrogen and oxygen atoms in total. The first-order valence-corrected chi connectivity index (χ1v) is 7.44. The summed E-state index contributed by atoms with van der Waals surface area (Å²) >= 11 is 3.41. The van der Waals surface area contributed by atoms with Crippen LogP contribution in [-0.2, 0) is 0 Å². The molecule has 1 heterocycles. The first kappa shape index (κ1) is 14.9. The molecule has 1 saturated heterocycles. The van der Waals surface area contributed by atoms with Crippen molar-refractivity contribution in [3.63, 3.8) is 0 Å². The van der Waals surface area contributed by atoms with Crippen molar-refractivity contribution in [3.8, 4) is 0 Å². The molecule has 0 aliphatic carbocycles. The number of rotatable bonds is 3. The zero-order valence-electron chi connectivity index (χ0n) is 10.7. The molecule has 0 spiro atoms. The van der Waals surface area contributed by atoms with E-state index in [1.807, 2.05) is 0 Å². The standard InChI is InChI=1S/C13H14BrFN2O3/c14-8-9-3-5-16(6-4-9)13(18)11-7-10(15)1-2-12(11)17(19)20/h1-2,7,9H,3-6,8H2. The molecule has 108 valence electrons. The number of carbonyl (C=O) groups excluding carboxylic acids is 1. The molecule has 1 fully saturated rings. The van der Waals surface area contributed by atoms with Gasteiger partial charge in [0, 0.05) is 24.5 Å². The number of nitro benzene ring substituents is 1. The Kier molecular flexibility index (Phi) is 4.69. The van der Waals surface area contributed by atoms with Crippen molar-refractivity contribution in [2.45, 2.75) is 12.8 Å². The van der Waals surface area contributed by atoms with Crippen LogP contribution in [0.2, 0.25) is 0 Å². The Morgan fingerprint density at radius 3 is 2.65 bits per heavy atom. The van der Waals surface area contributed by atoms with E-state index in [4.69, 9.17) is 0 Å². The van der Waals surface area contributed by atoms with Crippen LogP contribution in [0.3, 0.4) is 0 Å². The van der Waals surface area contributed by atoms with Gasteiger partial charge < -0.3 is 4.90 Å². The van der Waals surface area contributed by atoms with Crippen molar-refractivity contribution in [1.29, 1.82) is 0 Å². The number of benzene rings is 1. The van der Waals surface area contributed by atoms with E-state index in [9.17, 15) is 19.3 Å². The lowest BCUT2D eigenvalue weighted by atomic mass is 9.98. The zero-order valence-corrected chi connectivity index (χ0v) is 12.3. The molecule has 1 aliphatic rings. The second-order valence-electron chi connectivity index (χ2n) is 4.81.